The Kier molecular flexibility index (Phi) is 24.5. The first-order valence-electron chi connectivity index (χ1n) is 20.8. The van der Waals surface area contributed by atoms with Crippen molar-refractivity contribution in [2.45, 2.75) is 130 Å². The number of benzene rings is 1. The lowest BCUT2D eigenvalue weighted by Gasteiger charge is -2.39. The molecule has 326 valence electrons. The van der Waals surface area contributed by atoms with Crippen LogP contribution in [-0.2, 0) is 39.9 Å². The molecule has 1 aliphatic rings. The SMILES string of the molecule is CCC.CCC(C)C(C(CC(=O)N1CCCC1C(OC)C(C)C(=O)NC(Cc1ccccc1)C(=O)NCCCO)OC)N(C)C(=O)CNC(=O)C(C(C)C)N(C)C. The van der Waals surface area contributed by atoms with Crippen LogP contribution in [0.4, 0.5) is 0 Å². The second-order valence-electron chi connectivity index (χ2n) is 15.8. The van der Waals surface area contributed by atoms with Gasteiger partial charge in [-0.05, 0) is 50.8 Å². The number of hydrogen-bond acceptors (Lipinski definition) is 9. The molecule has 14 heteroatoms. The molecule has 1 aliphatic heterocycles. The third-order valence-electron chi connectivity index (χ3n) is 10.7. The molecule has 8 atom stereocenters. The maximum absolute atomic E-state index is 14.1. The molecule has 0 spiro atoms. The van der Waals surface area contributed by atoms with Crippen molar-refractivity contribution in [1.82, 2.24) is 30.7 Å². The fraction of sp³-hybridized carbons (Fsp3) is 0.744. The topological polar surface area (TPSA) is 170 Å². The van der Waals surface area contributed by atoms with Gasteiger partial charge in [0.25, 0.3) is 0 Å². The summed E-state index contributed by atoms with van der Waals surface area (Å²) in [6.45, 7) is 14.5. The molecular formula is C43H76N6O8. The Bertz CT molecular complexity index is 1340. The predicted octanol–water partition coefficient (Wildman–Crippen LogP) is 3.25. The van der Waals surface area contributed by atoms with Crippen molar-refractivity contribution in [3.63, 3.8) is 0 Å². The van der Waals surface area contributed by atoms with Gasteiger partial charge in [-0.15, -0.1) is 0 Å². The smallest absolute Gasteiger partial charge is 0.242 e. The van der Waals surface area contributed by atoms with Crippen LogP contribution in [-0.4, -0.2) is 147 Å². The summed E-state index contributed by atoms with van der Waals surface area (Å²) in [7, 11) is 8.41. The zero-order valence-electron chi connectivity index (χ0n) is 37.0. The lowest BCUT2D eigenvalue weighted by Crippen LogP contribution is -2.55. The fourth-order valence-electron chi connectivity index (χ4n) is 7.63. The normalized spacial score (nSPS) is 17.7. The summed E-state index contributed by atoms with van der Waals surface area (Å²) in [6.07, 6.45) is 2.74. The van der Waals surface area contributed by atoms with Crippen LogP contribution in [0.2, 0.25) is 0 Å². The number of aliphatic hydroxyl groups excluding tert-OH is 1. The number of nitrogens with one attached hydrogen (secondary N) is 3. The van der Waals surface area contributed by atoms with Crippen molar-refractivity contribution < 1.29 is 38.6 Å². The molecule has 1 heterocycles. The number of likely N-dealkylation sites (N-methyl/N-ethyl adjacent to an activating group) is 2. The van der Waals surface area contributed by atoms with E-state index in [0.717, 1.165) is 18.4 Å². The van der Waals surface area contributed by atoms with E-state index in [2.05, 4.69) is 29.8 Å². The van der Waals surface area contributed by atoms with Crippen LogP contribution in [0.5, 0.6) is 0 Å². The maximum Gasteiger partial charge on any atom is 0.242 e. The average Bonchev–Trinajstić information content (AvgIpc) is 3.66. The second-order valence-corrected chi connectivity index (χ2v) is 15.8. The molecule has 1 aromatic carbocycles. The number of rotatable bonds is 23. The largest absolute Gasteiger partial charge is 0.396 e. The highest BCUT2D eigenvalue weighted by molar-refractivity contribution is 5.89. The van der Waals surface area contributed by atoms with Crippen LogP contribution in [0, 0.1) is 17.8 Å². The molecule has 1 fully saturated rings. The minimum atomic E-state index is -0.850. The first kappa shape index (κ1) is 51.4. The van der Waals surface area contributed by atoms with E-state index in [-0.39, 0.29) is 80.0 Å². The van der Waals surface area contributed by atoms with Crippen LogP contribution >= 0.6 is 0 Å². The van der Waals surface area contributed by atoms with E-state index < -0.39 is 36.3 Å². The summed E-state index contributed by atoms with van der Waals surface area (Å²) in [5.41, 5.74) is 0.883. The molecular weight excluding hydrogens is 729 g/mol. The van der Waals surface area contributed by atoms with E-state index in [4.69, 9.17) is 9.47 Å². The number of carbonyl (C=O) groups excluding carboxylic acids is 5. The van der Waals surface area contributed by atoms with Gasteiger partial charge in [0, 0.05) is 47.4 Å². The van der Waals surface area contributed by atoms with Gasteiger partial charge in [-0.2, -0.15) is 0 Å². The molecule has 0 saturated carbocycles. The standard InChI is InChI=1S/C40H68N6O8.C3H8/c1-11-27(4)36(45(8)34(49)25-42-40(52)35(26(2)3)44(6)7)32(53-9)24-33(48)46-21-15-19-31(46)37(54-10)28(5)38(50)43-30(39(51)41-20-16-22-47)23-29-17-13-12-14-18-29;1-3-2/h12-14,17-18,26-28,30-32,35-37,47H,11,15-16,19-25H2,1-10H3,(H,41,51)(H,42,52)(H,43,50);3H2,1-2H3. The Balaban J connectivity index is 0.00000524. The highest BCUT2D eigenvalue weighted by Gasteiger charge is 2.42. The van der Waals surface area contributed by atoms with E-state index in [9.17, 15) is 29.1 Å². The Morgan fingerprint density at radius 3 is 2.07 bits per heavy atom. The highest BCUT2D eigenvalue weighted by Crippen LogP contribution is 2.29. The van der Waals surface area contributed by atoms with Gasteiger partial charge in [0.1, 0.15) is 6.04 Å². The van der Waals surface area contributed by atoms with E-state index in [1.807, 2.05) is 77.0 Å². The minimum absolute atomic E-state index is 0.00616. The molecule has 57 heavy (non-hydrogen) atoms. The fourth-order valence-corrected chi connectivity index (χ4v) is 7.63. The molecule has 1 aromatic rings. The van der Waals surface area contributed by atoms with Gasteiger partial charge >= 0.3 is 0 Å². The van der Waals surface area contributed by atoms with Crippen molar-refractivity contribution in [2.24, 2.45) is 17.8 Å². The summed E-state index contributed by atoms with van der Waals surface area (Å²) >= 11 is 0. The van der Waals surface area contributed by atoms with E-state index in [1.165, 1.54) is 20.6 Å². The maximum atomic E-state index is 14.1. The number of nitrogens with zero attached hydrogens (tertiary/aromatic N) is 3. The van der Waals surface area contributed by atoms with E-state index >= 15 is 0 Å². The minimum Gasteiger partial charge on any atom is -0.396 e. The monoisotopic (exact) mass is 805 g/mol. The summed E-state index contributed by atoms with van der Waals surface area (Å²) in [4.78, 5) is 72.7. The van der Waals surface area contributed by atoms with Crippen molar-refractivity contribution in [3.8, 4) is 0 Å². The Morgan fingerprint density at radius 2 is 1.54 bits per heavy atom. The highest BCUT2D eigenvalue weighted by atomic mass is 16.5. The molecule has 4 N–H and O–H groups in total. The Morgan fingerprint density at radius 1 is 0.912 bits per heavy atom. The van der Waals surface area contributed by atoms with Gasteiger partial charge in [0.2, 0.25) is 29.5 Å². The van der Waals surface area contributed by atoms with Gasteiger partial charge in [-0.1, -0.05) is 91.6 Å². The molecule has 1 saturated heterocycles. The number of likely N-dealkylation sites (tertiary alicyclic amines) is 1. The lowest BCUT2D eigenvalue weighted by atomic mass is 9.90. The van der Waals surface area contributed by atoms with Crippen LogP contribution in [0.15, 0.2) is 30.3 Å². The molecule has 5 amide bonds. The van der Waals surface area contributed by atoms with Gasteiger partial charge in [0.15, 0.2) is 0 Å². The Labute approximate surface area is 343 Å². The van der Waals surface area contributed by atoms with Gasteiger partial charge < -0.3 is 40.3 Å². The zero-order valence-corrected chi connectivity index (χ0v) is 37.0. The van der Waals surface area contributed by atoms with Crippen LogP contribution < -0.4 is 16.0 Å². The number of methoxy groups -OCH3 is 2. The Hall–Kier alpha value is -3.59. The van der Waals surface area contributed by atoms with Gasteiger partial charge in [-0.25, -0.2) is 0 Å². The molecule has 14 nitrogen and oxygen atoms in total. The summed E-state index contributed by atoms with van der Waals surface area (Å²) in [5.74, 6) is -2.06. The quantitative estimate of drug-likeness (QED) is 0.121. The van der Waals surface area contributed by atoms with Gasteiger partial charge in [-0.3, -0.25) is 28.9 Å². The third kappa shape index (κ3) is 16.3. The summed E-state index contributed by atoms with van der Waals surface area (Å²) in [6, 6.07) is 7.34. The van der Waals surface area contributed by atoms with E-state index in [1.54, 1.807) is 23.8 Å². The molecule has 0 bridgehead atoms. The number of amides is 5. The number of ether oxygens (including phenoxy) is 2. The average molecular weight is 805 g/mol. The molecule has 0 radical (unpaired) electrons. The molecule has 2 rings (SSSR count). The second kappa shape index (κ2) is 27.2. The van der Waals surface area contributed by atoms with Crippen molar-refractivity contribution in [2.75, 3.05) is 61.6 Å². The third-order valence-corrected chi connectivity index (χ3v) is 10.7. The zero-order chi connectivity index (χ0) is 43.2. The van der Waals surface area contributed by atoms with Gasteiger partial charge in [0.05, 0.1) is 49.2 Å². The molecule has 8 unspecified atom stereocenters. The first-order valence-corrected chi connectivity index (χ1v) is 20.8. The molecule has 0 aromatic heterocycles. The number of aliphatic hydroxyl groups is 1. The van der Waals surface area contributed by atoms with Crippen LogP contribution in [0.25, 0.3) is 0 Å². The van der Waals surface area contributed by atoms with Crippen molar-refractivity contribution in [1.29, 1.82) is 0 Å². The van der Waals surface area contributed by atoms with Crippen molar-refractivity contribution in [3.05, 3.63) is 35.9 Å². The molecule has 0 aliphatic carbocycles. The van der Waals surface area contributed by atoms with E-state index in [0.29, 0.717) is 19.4 Å². The first-order chi connectivity index (χ1) is 27.0. The van der Waals surface area contributed by atoms with Crippen molar-refractivity contribution >= 4 is 29.5 Å². The van der Waals surface area contributed by atoms with Crippen LogP contribution in [0.1, 0.15) is 92.6 Å². The predicted molar refractivity (Wildman–Crippen MR) is 224 cm³/mol. The lowest BCUT2D eigenvalue weighted by molar-refractivity contribution is -0.146. The van der Waals surface area contributed by atoms with Crippen LogP contribution in [0.3, 0.4) is 0 Å². The number of hydrogen-bond donors (Lipinski definition) is 4. The number of carbonyl (C=O) groups is 5. The summed E-state index contributed by atoms with van der Waals surface area (Å²) < 4.78 is 11.9. The summed E-state index contributed by atoms with van der Waals surface area (Å²) in [5, 5.41) is 17.7.